The molecule has 0 aromatic heterocycles. The molecule has 0 amide bonds. The van der Waals surface area contributed by atoms with Crippen LogP contribution in [0.1, 0.15) is 29.5 Å². The summed E-state index contributed by atoms with van der Waals surface area (Å²) in [6.45, 7) is 0. The second-order valence-corrected chi connectivity index (χ2v) is 8.38. The van der Waals surface area contributed by atoms with Gasteiger partial charge < -0.3 is 10.8 Å². The van der Waals surface area contributed by atoms with Crippen molar-refractivity contribution in [2.45, 2.75) is 23.6 Å². The number of rotatable bonds is 5. The molecule has 0 heterocycles. The fourth-order valence-electron chi connectivity index (χ4n) is 3.94. The smallest absolute Gasteiger partial charge is 0.321 e. The highest BCUT2D eigenvalue weighted by molar-refractivity contribution is 8.00. The Kier molecular flexibility index (Phi) is 5.25. The summed E-state index contributed by atoms with van der Waals surface area (Å²) < 4.78 is -0.490. The molecule has 3 N–H and O–H groups in total. The number of aliphatic carboxylic acids is 1. The molecule has 0 fully saturated rings. The standard InChI is InChI=1S/C24H23NO2S/c25-22(23(26)27)16-28-24(18-9-2-1-3-10-18)15-14-17-8-4-5-11-19(17)20-12-6-7-13-21(20)24/h1-4,6-10,12-15,22H,5,11,16,25H2,(H,26,27). The number of hydrogen-bond donors (Lipinski definition) is 2. The Labute approximate surface area is 169 Å². The Bertz CT molecular complexity index is 977. The highest BCUT2D eigenvalue weighted by atomic mass is 32.2. The largest absolute Gasteiger partial charge is 0.480 e. The summed E-state index contributed by atoms with van der Waals surface area (Å²) >= 11 is 1.59. The SMILES string of the molecule is NC(CSC1(c2ccccc2)C=CC2=C(CCC=C2)c2ccccc21)C(=O)O. The summed E-state index contributed by atoms with van der Waals surface area (Å²) in [6.07, 6.45) is 10.9. The number of hydrogen-bond acceptors (Lipinski definition) is 3. The van der Waals surface area contributed by atoms with E-state index in [2.05, 4.69) is 60.7 Å². The number of nitrogens with two attached hydrogens (primary N) is 1. The topological polar surface area (TPSA) is 63.3 Å². The lowest BCUT2D eigenvalue weighted by atomic mass is 9.84. The molecule has 28 heavy (non-hydrogen) atoms. The number of thioether (sulfide) groups is 1. The molecule has 2 aromatic rings. The van der Waals surface area contributed by atoms with Crippen LogP contribution in [0.4, 0.5) is 0 Å². The van der Waals surface area contributed by atoms with Gasteiger partial charge in [0.05, 0.1) is 4.75 Å². The van der Waals surface area contributed by atoms with Crippen molar-refractivity contribution in [1.29, 1.82) is 0 Å². The van der Waals surface area contributed by atoms with Gasteiger partial charge in [0.1, 0.15) is 6.04 Å². The molecule has 0 radical (unpaired) electrons. The van der Waals surface area contributed by atoms with Crippen molar-refractivity contribution < 1.29 is 9.90 Å². The van der Waals surface area contributed by atoms with E-state index in [1.165, 1.54) is 22.3 Å². The molecule has 0 saturated heterocycles. The van der Waals surface area contributed by atoms with Gasteiger partial charge in [0, 0.05) is 5.75 Å². The van der Waals surface area contributed by atoms with Crippen LogP contribution in [0, 0.1) is 0 Å². The van der Waals surface area contributed by atoms with E-state index in [1.807, 2.05) is 18.2 Å². The first kappa shape index (κ1) is 18.8. The minimum atomic E-state index is -0.970. The van der Waals surface area contributed by atoms with Crippen molar-refractivity contribution in [2.75, 3.05) is 5.75 Å². The molecule has 142 valence electrons. The Morgan fingerprint density at radius 2 is 1.86 bits per heavy atom. The van der Waals surface area contributed by atoms with E-state index in [0.29, 0.717) is 5.75 Å². The molecule has 4 rings (SSSR count). The van der Waals surface area contributed by atoms with Crippen LogP contribution in [0.5, 0.6) is 0 Å². The van der Waals surface area contributed by atoms with Gasteiger partial charge in [-0.25, -0.2) is 0 Å². The Morgan fingerprint density at radius 1 is 1.11 bits per heavy atom. The van der Waals surface area contributed by atoms with Gasteiger partial charge in [-0.05, 0) is 40.7 Å². The molecule has 3 nitrogen and oxygen atoms in total. The highest BCUT2D eigenvalue weighted by Crippen LogP contribution is 2.50. The zero-order chi connectivity index (χ0) is 19.6. The van der Waals surface area contributed by atoms with E-state index >= 15 is 0 Å². The van der Waals surface area contributed by atoms with E-state index in [4.69, 9.17) is 5.73 Å². The van der Waals surface area contributed by atoms with Crippen LogP contribution in [-0.4, -0.2) is 22.9 Å². The van der Waals surface area contributed by atoms with Gasteiger partial charge in [-0.1, -0.05) is 78.9 Å². The first-order valence-electron chi connectivity index (χ1n) is 9.48. The lowest BCUT2D eigenvalue weighted by Crippen LogP contribution is -2.35. The van der Waals surface area contributed by atoms with Crippen LogP contribution in [-0.2, 0) is 9.54 Å². The summed E-state index contributed by atoms with van der Waals surface area (Å²) in [4.78, 5) is 11.4. The van der Waals surface area contributed by atoms with Gasteiger partial charge in [-0.15, -0.1) is 11.8 Å². The van der Waals surface area contributed by atoms with Gasteiger partial charge in [0.25, 0.3) is 0 Å². The zero-order valence-corrected chi connectivity index (χ0v) is 16.4. The molecular weight excluding hydrogens is 366 g/mol. The first-order chi connectivity index (χ1) is 13.6. The Balaban J connectivity index is 1.91. The number of carboxylic acids is 1. The normalized spacial score (nSPS) is 21.6. The summed E-state index contributed by atoms with van der Waals surface area (Å²) in [6, 6.07) is 17.9. The number of benzene rings is 2. The molecule has 2 aliphatic rings. The number of fused-ring (bicyclic) bond motifs is 2. The van der Waals surface area contributed by atoms with Crippen LogP contribution < -0.4 is 5.73 Å². The summed E-state index contributed by atoms with van der Waals surface area (Å²) in [5, 5.41) is 9.31. The summed E-state index contributed by atoms with van der Waals surface area (Å²) in [5.41, 5.74) is 12.0. The molecule has 2 aliphatic carbocycles. The minimum Gasteiger partial charge on any atom is -0.480 e. The van der Waals surface area contributed by atoms with Crippen molar-refractivity contribution >= 4 is 23.3 Å². The third-order valence-electron chi connectivity index (χ3n) is 5.37. The first-order valence-corrected chi connectivity index (χ1v) is 10.5. The predicted octanol–water partition coefficient (Wildman–Crippen LogP) is 4.75. The molecule has 0 spiro atoms. The van der Waals surface area contributed by atoms with E-state index in [9.17, 15) is 9.90 Å². The fraction of sp³-hybridized carbons (Fsp3) is 0.208. The molecule has 2 aromatic carbocycles. The van der Waals surface area contributed by atoms with Crippen LogP contribution >= 0.6 is 11.8 Å². The van der Waals surface area contributed by atoms with Crippen LogP contribution in [0.3, 0.4) is 0 Å². The lowest BCUT2D eigenvalue weighted by molar-refractivity contribution is -0.137. The summed E-state index contributed by atoms with van der Waals surface area (Å²) in [7, 11) is 0. The maximum atomic E-state index is 11.4. The fourth-order valence-corrected chi connectivity index (χ4v) is 5.32. The summed E-state index contributed by atoms with van der Waals surface area (Å²) in [5.74, 6) is -0.648. The molecule has 4 heteroatoms. The van der Waals surface area contributed by atoms with E-state index < -0.39 is 16.8 Å². The number of carboxylic acid groups (broad SMARTS) is 1. The molecule has 0 aliphatic heterocycles. The molecule has 0 bridgehead atoms. The average molecular weight is 390 g/mol. The van der Waals surface area contributed by atoms with Gasteiger partial charge in [-0.2, -0.15) is 0 Å². The average Bonchev–Trinajstić information content (AvgIpc) is 2.88. The zero-order valence-electron chi connectivity index (χ0n) is 15.5. The Morgan fingerprint density at radius 3 is 2.64 bits per heavy atom. The van der Waals surface area contributed by atoms with Crippen LogP contribution in [0.2, 0.25) is 0 Å². The van der Waals surface area contributed by atoms with Gasteiger partial charge in [0.2, 0.25) is 0 Å². The Hall–Kier alpha value is -2.56. The van der Waals surface area contributed by atoms with E-state index in [0.717, 1.165) is 18.4 Å². The molecular formula is C24H23NO2S. The van der Waals surface area contributed by atoms with Crippen LogP contribution in [0.25, 0.3) is 5.57 Å². The van der Waals surface area contributed by atoms with E-state index in [-0.39, 0.29) is 0 Å². The van der Waals surface area contributed by atoms with Crippen molar-refractivity contribution in [2.24, 2.45) is 5.73 Å². The molecule has 2 unspecified atom stereocenters. The third kappa shape index (κ3) is 3.34. The van der Waals surface area contributed by atoms with Gasteiger partial charge >= 0.3 is 5.97 Å². The number of carbonyl (C=O) groups is 1. The lowest BCUT2D eigenvalue weighted by Gasteiger charge is -2.33. The van der Waals surface area contributed by atoms with Crippen molar-refractivity contribution in [3.63, 3.8) is 0 Å². The molecule has 2 atom stereocenters. The van der Waals surface area contributed by atoms with Crippen molar-refractivity contribution in [3.8, 4) is 0 Å². The maximum absolute atomic E-state index is 11.4. The second kappa shape index (κ2) is 7.82. The minimum absolute atomic E-state index is 0.323. The monoisotopic (exact) mass is 389 g/mol. The maximum Gasteiger partial charge on any atom is 0.321 e. The van der Waals surface area contributed by atoms with Crippen molar-refractivity contribution in [1.82, 2.24) is 0 Å². The van der Waals surface area contributed by atoms with E-state index in [1.54, 1.807) is 11.8 Å². The van der Waals surface area contributed by atoms with Gasteiger partial charge in [0.15, 0.2) is 0 Å². The number of allylic oxidation sites excluding steroid dienone is 5. The second-order valence-electron chi connectivity index (χ2n) is 7.11. The van der Waals surface area contributed by atoms with Crippen molar-refractivity contribution in [3.05, 3.63) is 101 Å². The highest BCUT2D eigenvalue weighted by Gasteiger charge is 2.37. The predicted molar refractivity (Wildman–Crippen MR) is 116 cm³/mol. The van der Waals surface area contributed by atoms with Crippen LogP contribution in [0.15, 0.2) is 84.5 Å². The third-order valence-corrected chi connectivity index (χ3v) is 6.94. The molecule has 0 saturated carbocycles. The quantitative estimate of drug-likeness (QED) is 0.775. The van der Waals surface area contributed by atoms with Gasteiger partial charge in [-0.3, -0.25) is 4.79 Å².